The number of rotatable bonds is 1. The Kier molecular flexibility index (Phi) is 2.97. The fourth-order valence-electron chi connectivity index (χ4n) is 1.37. The maximum absolute atomic E-state index is 2.29. The lowest BCUT2D eigenvalue weighted by Crippen LogP contribution is -2.10. The molecule has 13 heavy (non-hydrogen) atoms. The molecule has 1 rings (SSSR count). The maximum atomic E-state index is 2.29. The predicted octanol–water partition coefficient (Wildman–Crippen LogP) is 2.41. The molecule has 72 valence electrons. The van der Waals surface area contributed by atoms with Gasteiger partial charge in [0, 0.05) is 10.2 Å². The minimum absolute atomic E-state index is 0.285. The Morgan fingerprint density at radius 1 is 1.08 bits per heavy atom. The molecule has 0 N–H and O–H groups in total. The van der Waals surface area contributed by atoms with Crippen molar-refractivity contribution in [3.05, 3.63) is 35.4 Å². The van der Waals surface area contributed by atoms with Crippen molar-refractivity contribution in [2.24, 2.45) is 0 Å². The van der Waals surface area contributed by atoms with E-state index in [2.05, 4.69) is 52.0 Å². The van der Waals surface area contributed by atoms with Gasteiger partial charge in [0.15, 0.2) is 0 Å². The van der Waals surface area contributed by atoms with E-state index in [9.17, 15) is 0 Å². The van der Waals surface area contributed by atoms with Crippen LogP contribution in [0.4, 0.5) is 0 Å². The summed E-state index contributed by atoms with van der Waals surface area (Å²) in [5, 5.41) is 0. The molecule has 1 heteroatoms. The first kappa shape index (κ1) is 10.5. The van der Waals surface area contributed by atoms with Gasteiger partial charge in [0.2, 0.25) is 0 Å². The third-order valence-electron chi connectivity index (χ3n) is 2.44. The monoisotopic (exact) mass is 192 g/mol. The third kappa shape index (κ3) is 2.70. The first-order valence-electron chi connectivity index (χ1n) is 5.01. The molecule has 0 saturated heterocycles. The molecule has 0 aliphatic carbocycles. The lowest BCUT2D eigenvalue weighted by atomic mass is 9.86. The van der Waals surface area contributed by atoms with E-state index in [1.165, 1.54) is 21.4 Å². The highest BCUT2D eigenvalue weighted by Gasteiger charge is 2.12. The number of hydrogen-bond donors (Lipinski definition) is 0. The standard InChI is InChI=1S/C12H20Si/c1-9(13)10-5-7-11(8-6-10)12(2,3)4/h5-9H,1-4,13H3/t9-/m1/s1. The van der Waals surface area contributed by atoms with E-state index in [-0.39, 0.29) is 5.41 Å². The summed E-state index contributed by atoms with van der Waals surface area (Å²) in [6.07, 6.45) is 0. The van der Waals surface area contributed by atoms with Crippen LogP contribution in [-0.2, 0) is 5.41 Å². The van der Waals surface area contributed by atoms with Gasteiger partial charge < -0.3 is 0 Å². The second kappa shape index (κ2) is 3.67. The van der Waals surface area contributed by atoms with Crippen LogP contribution in [0, 0.1) is 0 Å². The van der Waals surface area contributed by atoms with Crippen LogP contribution >= 0.6 is 0 Å². The van der Waals surface area contributed by atoms with E-state index in [1.54, 1.807) is 0 Å². The van der Waals surface area contributed by atoms with E-state index in [4.69, 9.17) is 0 Å². The number of benzene rings is 1. The second-order valence-corrected chi connectivity index (χ2v) is 6.76. The zero-order valence-corrected chi connectivity index (χ0v) is 11.4. The Balaban J connectivity index is 2.94. The Bertz CT molecular complexity index is 264. The zero-order chi connectivity index (χ0) is 10.1. The predicted molar refractivity (Wildman–Crippen MR) is 63.5 cm³/mol. The van der Waals surface area contributed by atoms with Crippen LogP contribution in [-0.4, -0.2) is 10.2 Å². The summed E-state index contributed by atoms with van der Waals surface area (Å²) in [6, 6.07) is 9.09. The van der Waals surface area contributed by atoms with Crippen molar-refractivity contribution in [1.82, 2.24) is 0 Å². The fraction of sp³-hybridized carbons (Fsp3) is 0.500. The van der Waals surface area contributed by atoms with Crippen LogP contribution in [0.3, 0.4) is 0 Å². The second-order valence-electron chi connectivity index (χ2n) is 5.03. The molecule has 0 bridgehead atoms. The van der Waals surface area contributed by atoms with Gasteiger partial charge in [-0.15, -0.1) is 0 Å². The summed E-state index contributed by atoms with van der Waals surface area (Å²) in [4.78, 5) is 0. The van der Waals surface area contributed by atoms with Crippen molar-refractivity contribution in [1.29, 1.82) is 0 Å². The Morgan fingerprint density at radius 2 is 1.54 bits per heavy atom. The van der Waals surface area contributed by atoms with Crippen LogP contribution in [0.25, 0.3) is 0 Å². The lowest BCUT2D eigenvalue weighted by Gasteiger charge is -2.19. The molecule has 0 amide bonds. The molecule has 1 aromatic carbocycles. The quantitative estimate of drug-likeness (QED) is 0.600. The van der Waals surface area contributed by atoms with E-state index in [1.807, 2.05) is 0 Å². The van der Waals surface area contributed by atoms with Gasteiger partial charge in [0.25, 0.3) is 0 Å². The van der Waals surface area contributed by atoms with Gasteiger partial charge in [-0.05, 0) is 22.1 Å². The summed E-state index contributed by atoms with van der Waals surface area (Å²) in [5.41, 5.74) is 3.97. The number of hydrogen-bond acceptors (Lipinski definition) is 0. The summed E-state index contributed by atoms with van der Waals surface area (Å²) in [5.74, 6) is 0. The molecule has 0 unspecified atom stereocenters. The first-order chi connectivity index (χ1) is 5.91. The molecule has 0 fully saturated rings. The van der Waals surface area contributed by atoms with Gasteiger partial charge >= 0.3 is 0 Å². The summed E-state index contributed by atoms with van der Waals surface area (Å²) < 4.78 is 0. The highest BCUT2D eigenvalue weighted by molar-refractivity contribution is 6.12. The van der Waals surface area contributed by atoms with Crippen LogP contribution in [0.1, 0.15) is 44.4 Å². The summed E-state index contributed by atoms with van der Waals surface area (Å²) in [6.45, 7) is 9.06. The van der Waals surface area contributed by atoms with Gasteiger partial charge in [0.05, 0.1) is 0 Å². The molecule has 0 nitrogen and oxygen atoms in total. The maximum Gasteiger partial charge on any atom is 0.0119 e. The summed E-state index contributed by atoms with van der Waals surface area (Å²) >= 11 is 0. The van der Waals surface area contributed by atoms with Crippen LogP contribution in [0.15, 0.2) is 24.3 Å². The Labute approximate surface area is 84.8 Å². The molecule has 0 aliphatic rings. The average molecular weight is 192 g/mol. The van der Waals surface area contributed by atoms with E-state index in [0.29, 0.717) is 0 Å². The molecule has 0 aromatic heterocycles. The van der Waals surface area contributed by atoms with Crippen LogP contribution in [0.5, 0.6) is 0 Å². The van der Waals surface area contributed by atoms with Crippen molar-refractivity contribution < 1.29 is 0 Å². The minimum atomic E-state index is 0.285. The largest absolute Gasteiger partial charge is 0.0618 e. The Morgan fingerprint density at radius 3 is 1.85 bits per heavy atom. The molecule has 1 atom stereocenters. The van der Waals surface area contributed by atoms with Crippen LogP contribution < -0.4 is 0 Å². The molecule has 0 aliphatic heterocycles. The highest BCUT2D eigenvalue weighted by Crippen LogP contribution is 2.23. The zero-order valence-electron chi connectivity index (χ0n) is 9.39. The van der Waals surface area contributed by atoms with Gasteiger partial charge in [-0.2, -0.15) is 0 Å². The summed E-state index contributed by atoms with van der Waals surface area (Å²) in [7, 11) is 1.24. The van der Waals surface area contributed by atoms with Crippen molar-refractivity contribution >= 4 is 10.2 Å². The normalized spacial score (nSPS) is 14.5. The molecule has 0 radical (unpaired) electrons. The average Bonchev–Trinajstić information content (AvgIpc) is 2.03. The van der Waals surface area contributed by atoms with Crippen molar-refractivity contribution in [3.63, 3.8) is 0 Å². The van der Waals surface area contributed by atoms with Gasteiger partial charge in [-0.25, -0.2) is 0 Å². The molecular weight excluding hydrogens is 172 g/mol. The van der Waals surface area contributed by atoms with E-state index < -0.39 is 0 Å². The van der Waals surface area contributed by atoms with E-state index >= 15 is 0 Å². The molecule has 0 heterocycles. The van der Waals surface area contributed by atoms with E-state index in [0.717, 1.165) is 5.54 Å². The van der Waals surface area contributed by atoms with Crippen molar-refractivity contribution in [2.75, 3.05) is 0 Å². The molecule has 1 aromatic rings. The lowest BCUT2D eigenvalue weighted by molar-refractivity contribution is 0.590. The topological polar surface area (TPSA) is 0 Å². The van der Waals surface area contributed by atoms with Crippen LogP contribution in [0.2, 0.25) is 0 Å². The molecule has 0 saturated carbocycles. The Hall–Kier alpha value is -0.563. The fourth-order valence-corrected chi connectivity index (χ4v) is 1.75. The van der Waals surface area contributed by atoms with Gasteiger partial charge in [0.1, 0.15) is 0 Å². The molecular formula is C12H20Si. The smallest absolute Gasteiger partial charge is 0.0119 e. The van der Waals surface area contributed by atoms with Crippen molar-refractivity contribution in [3.8, 4) is 0 Å². The molecule has 0 spiro atoms. The van der Waals surface area contributed by atoms with Gasteiger partial charge in [-0.1, -0.05) is 52.0 Å². The van der Waals surface area contributed by atoms with Crippen molar-refractivity contribution in [2.45, 2.75) is 38.7 Å². The highest BCUT2D eigenvalue weighted by atomic mass is 28.1. The third-order valence-corrected chi connectivity index (χ3v) is 3.11. The SMILES string of the molecule is C[C@@H]([SiH3])c1ccc(C(C)(C)C)cc1. The van der Waals surface area contributed by atoms with Gasteiger partial charge in [-0.3, -0.25) is 0 Å². The first-order valence-corrected chi connectivity index (χ1v) is 6.17. The minimum Gasteiger partial charge on any atom is -0.0618 e.